The van der Waals surface area contributed by atoms with Gasteiger partial charge in [-0.3, -0.25) is 9.78 Å². The second-order valence-corrected chi connectivity index (χ2v) is 7.50. The average molecular weight is 387 g/mol. The summed E-state index contributed by atoms with van der Waals surface area (Å²) in [6.07, 6.45) is -0.613. The van der Waals surface area contributed by atoms with Crippen LogP contribution in [0.15, 0.2) is 48.8 Å². The molecule has 6 nitrogen and oxygen atoms in total. The summed E-state index contributed by atoms with van der Waals surface area (Å²) in [6, 6.07) is 7.38. The van der Waals surface area contributed by atoms with E-state index in [2.05, 4.69) is 10.3 Å². The van der Waals surface area contributed by atoms with Crippen LogP contribution in [0.1, 0.15) is 11.1 Å². The van der Waals surface area contributed by atoms with Crippen LogP contribution in [0.5, 0.6) is 0 Å². The topological polar surface area (TPSA) is 79.4 Å². The fraction of sp³-hybridized carbons (Fsp3) is 0.250. The van der Waals surface area contributed by atoms with E-state index in [9.17, 15) is 26.4 Å². The number of hydrogen-bond acceptors (Lipinski definition) is 4. The van der Waals surface area contributed by atoms with Crippen molar-refractivity contribution in [1.82, 2.24) is 9.29 Å². The van der Waals surface area contributed by atoms with E-state index in [-0.39, 0.29) is 12.2 Å². The summed E-state index contributed by atoms with van der Waals surface area (Å²) in [5, 5.41) is 2.28. The van der Waals surface area contributed by atoms with Crippen molar-refractivity contribution < 1.29 is 26.4 Å². The summed E-state index contributed by atoms with van der Waals surface area (Å²) in [7, 11) is -3.72. The minimum absolute atomic E-state index is 0.0698. The molecule has 0 saturated heterocycles. The van der Waals surface area contributed by atoms with Gasteiger partial charge in [0, 0.05) is 24.6 Å². The highest BCUT2D eigenvalue weighted by atomic mass is 32.2. The van der Waals surface area contributed by atoms with Gasteiger partial charge in [-0.05, 0) is 29.8 Å². The number of benzene rings is 1. The standard InChI is InChI=1S/C16H16F3N3O3S/c1-26(24,25)22(10-12-4-3-7-20-9-12)11-15(23)21-14-6-2-5-13(8-14)16(17,18)19/h2-9H,10-11H2,1H3,(H,21,23). The summed E-state index contributed by atoms with van der Waals surface area (Å²) in [6.45, 7) is -0.618. The minimum atomic E-state index is -4.54. The van der Waals surface area contributed by atoms with E-state index in [0.29, 0.717) is 5.56 Å². The Labute approximate surface area is 148 Å². The number of amides is 1. The number of nitrogens with zero attached hydrogens (tertiary/aromatic N) is 2. The second-order valence-electron chi connectivity index (χ2n) is 5.52. The van der Waals surface area contributed by atoms with Gasteiger partial charge in [0.1, 0.15) is 0 Å². The number of anilines is 1. The Morgan fingerprint density at radius 2 is 1.96 bits per heavy atom. The van der Waals surface area contributed by atoms with Gasteiger partial charge in [0.2, 0.25) is 15.9 Å². The zero-order valence-corrected chi connectivity index (χ0v) is 14.5. The molecule has 2 rings (SSSR count). The molecule has 0 unspecified atom stereocenters. The lowest BCUT2D eigenvalue weighted by molar-refractivity contribution is -0.137. The number of hydrogen-bond donors (Lipinski definition) is 1. The van der Waals surface area contributed by atoms with Crippen molar-refractivity contribution in [3.8, 4) is 0 Å². The molecule has 0 fully saturated rings. The van der Waals surface area contributed by atoms with Gasteiger partial charge in [-0.25, -0.2) is 8.42 Å². The van der Waals surface area contributed by atoms with E-state index in [4.69, 9.17) is 0 Å². The van der Waals surface area contributed by atoms with Crippen LogP contribution in [0.4, 0.5) is 18.9 Å². The second kappa shape index (κ2) is 7.83. The number of pyridine rings is 1. The molecule has 0 saturated carbocycles. The minimum Gasteiger partial charge on any atom is -0.325 e. The molecule has 140 valence electrons. The van der Waals surface area contributed by atoms with Crippen molar-refractivity contribution in [2.24, 2.45) is 0 Å². The molecule has 0 bridgehead atoms. The molecule has 2 aromatic rings. The van der Waals surface area contributed by atoms with Crippen molar-refractivity contribution in [3.63, 3.8) is 0 Å². The summed E-state index contributed by atoms with van der Waals surface area (Å²) < 4.78 is 62.8. The lowest BCUT2D eigenvalue weighted by atomic mass is 10.2. The normalized spacial score (nSPS) is 12.2. The first-order chi connectivity index (χ1) is 12.1. The third-order valence-electron chi connectivity index (χ3n) is 3.34. The lowest BCUT2D eigenvalue weighted by Crippen LogP contribution is -2.36. The molecular weight excluding hydrogens is 371 g/mol. The Hall–Kier alpha value is -2.46. The van der Waals surface area contributed by atoms with E-state index >= 15 is 0 Å². The lowest BCUT2D eigenvalue weighted by Gasteiger charge is -2.19. The van der Waals surface area contributed by atoms with E-state index in [1.165, 1.54) is 18.5 Å². The molecule has 0 radical (unpaired) electrons. The van der Waals surface area contributed by atoms with Gasteiger partial charge >= 0.3 is 6.18 Å². The highest BCUT2D eigenvalue weighted by Crippen LogP contribution is 2.30. The zero-order chi connectivity index (χ0) is 19.4. The molecule has 1 amide bonds. The third kappa shape index (κ3) is 5.81. The van der Waals surface area contributed by atoms with Crippen molar-refractivity contribution in [2.75, 3.05) is 18.1 Å². The Balaban J connectivity index is 2.10. The summed E-state index contributed by atoms with van der Waals surface area (Å²) >= 11 is 0. The van der Waals surface area contributed by atoms with E-state index in [0.717, 1.165) is 28.8 Å². The van der Waals surface area contributed by atoms with Gasteiger partial charge in [0.05, 0.1) is 18.4 Å². The van der Waals surface area contributed by atoms with Crippen LogP contribution in [0, 0.1) is 0 Å². The Bertz CT molecular complexity index is 871. The predicted molar refractivity (Wildman–Crippen MR) is 89.6 cm³/mol. The molecule has 0 atom stereocenters. The molecule has 1 heterocycles. The Morgan fingerprint density at radius 1 is 1.23 bits per heavy atom. The van der Waals surface area contributed by atoms with Crippen LogP contribution in [-0.2, 0) is 27.5 Å². The molecule has 10 heteroatoms. The van der Waals surface area contributed by atoms with Gasteiger partial charge in [-0.15, -0.1) is 0 Å². The zero-order valence-electron chi connectivity index (χ0n) is 13.7. The molecular formula is C16H16F3N3O3S. The largest absolute Gasteiger partial charge is 0.416 e. The number of halogens is 3. The fourth-order valence-corrected chi connectivity index (χ4v) is 2.86. The maximum atomic E-state index is 12.7. The molecule has 26 heavy (non-hydrogen) atoms. The van der Waals surface area contributed by atoms with Crippen molar-refractivity contribution in [1.29, 1.82) is 0 Å². The highest BCUT2D eigenvalue weighted by Gasteiger charge is 2.30. The van der Waals surface area contributed by atoms with E-state index in [1.54, 1.807) is 12.1 Å². The maximum absolute atomic E-state index is 12.7. The Morgan fingerprint density at radius 3 is 2.54 bits per heavy atom. The average Bonchev–Trinajstić information content (AvgIpc) is 2.54. The first-order valence-electron chi connectivity index (χ1n) is 7.37. The summed E-state index contributed by atoms with van der Waals surface area (Å²) in [5.41, 5.74) is -0.407. The van der Waals surface area contributed by atoms with Crippen molar-refractivity contribution in [2.45, 2.75) is 12.7 Å². The highest BCUT2D eigenvalue weighted by molar-refractivity contribution is 7.88. The number of carbonyl (C=O) groups is 1. The van der Waals surface area contributed by atoms with Crippen LogP contribution in [-0.4, -0.2) is 36.4 Å². The van der Waals surface area contributed by atoms with E-state index in [1.807, 2.05) is 0 Å². The van der Waals surface area contributed by atoms with Crippen molar-refractivity contribution >= 4 is 21.6 Å². The first kappa shape index (κ1) is 19.9. The fourth-order valence-electron chi connectivity index (χ4n) is 2.12. The number of sulfonamides is 1. The first-order valence-corrected chi connectivity index (χ1v) is 9.21. The number of rotatable bonds is 6. The van der Waals surface area contributed by atoms with Gasteiger partial charge in [-0.1, -0.05) is 12.1 Å². The predicted octanol–water partition coefficient (Wildman–Crippen LogP) is 2.50. The number of alkyl halides is 3. The third-order valence-corrected chi connectivity index (χ3v) is 4.54. The van der Waals surface area contributed by atoms with Crippen LogP contribution >= 0.6 is 0 Å². The van der Waals surface area contributed by atoms with Crippen LogP contribution in [0.3, 0.4) is 0 Å². The number of aromatic nitrogens is 1. The van der Waals surface area contributed by atoms with Crippen LogP contribution in [0.25, 0.3) is 0 Å². The molecule has 1 N–H and O–H groups in total. The summed E-state index contributed by atoms with van der Waals surface area (Å²) in [5.74, 6) is -0.751. The van der Waals surface area contributed by atoms with Crippen LogP contribution < -0.4 is 5.32 Å². The summed E-state index contributed by atoms with van der Waals surface area (Å²) in [4.78, 5) is 16.0. The van der Waals surface area contributed by atoms with Gasteiger partial charge in [0.15, 0.2) is 0 Å². The number of nitrogens with one attached hydrogen (secondary N) is 1. The van der Waals surface area contributed by atoms with Crippen molar-refractivity contribution in [3.05, 3.63) is 59.9 Å². The number of carbonyl (C=O) groups excluding carboxylic acids is 1. The molecule has 1 aromatic carbocycles. The van der Waals surface area contributed by atoms with Crippen LogP contribution in [0.2, 0.25) is 0 Å². The molecule has 1 aromatic heterocycles. The molecule has 0 aliphatic rings. The van der Waals surface area contributed by atoms with Gasteiger partial charge in [0.25, 0.3) is 0 Å². The maximum Gasteiger partial charge on any atom is 0.416 e. The SMILES string of the molecule is CS(=O)(=O)N(CC(=O)Nc1cccc(C(F)(F)F)c1)Cc1cccnc1. The van der Waals surface area contributed by atoms with Gasteiger partial charge in [-0.2, -0.15) is 17.5 Å². The monoisotopic (exact) mass is 387 g/mol. The molecule has 0 aliphatic carbocycles. The Kier molecular flexibility index (Phi) is 5.98. The van der Waals surface area contributed by atoms with E-state index < -0.39 is 34.2 Å². The smallest absolute Gasteiger partial charge is 0.325 e. The molecule has 0 spiro atoms. The quantitative estimate of drug-likeness (QED) is 0.826. The van der Waals surface area contributed by atoms with Gasteiger partial charge < -0.3 is 5.32 Å². The molecule has 0 aliphatic heterocycles.